The molecule has 0 N–H and O–H groups in total. The van der Waals surface area contributed by atoms with Gasteiger partial charge >= 0.3 is 0 Å². The van der Waals surface area contributed by atoms with Crippen molar-refractivity contribution in [1.29, 1.82) is 0 Å². The van der Waals surface area contributed by atoms with Crippen molar-refractivity contribution in [3.63, 3.8) is 0 Å². The Balaban J connectivity index is 2.44. The average molecular weight is 245 g/mol. The normalized spacial score (nSPS) is 23.4. The fourth-order valence-corrected chi connectivity index (χ4v) is 3.90. The van der Waals surface area contributed by atoms with E-state index in [1.807, 2.05) is 25.1 Å². The lowest BCUT2D eigenvalue weighted by atomic mass is 10.1. The Morgan fingerprint density at radius 1 is 1.35 bits per heavy atom. The lowest BCUT2D eigenvalue weighted by molar-refractivity contribution is -0.107. The molecule has 2 rings (SSSR count). The SMILES string of the molecule is Cc1cccc(C2=NCC(C)[Si](C)(C)C2=O)c1. The van der Waals surface area contributed by atoms with Crippen LogP contribution in [-0.4, -0.2) is 25.7 Å². The highest BCUT2D eigenvalue weighted by molar-refractivity contribution is 7.14. The smallest absolute Gasteiger partial charge is 0.158 e. The van der Waals surface area contributed by atoms with Crippen LogP contribution in [0.3, 0.4) is 0 Å². The molecule has 0 saturated heterocycles. The molecule has 0 fully saturated rings. The van der Waals surface area contributed by atoms with E-state index in [1.165, 1.54) is 5.56 Å². The maximum absolute atomic E-state index is 12.5. The Labute approximate surface area is 104 Å². The third kappa shape index (κ3) is 2.11. The molecule has 0 aliphatic carbocycles. The van der Waals surface area contributed by atoms with Crippen LogP contribution < -0.4 is 0 Å². The first-order valence-electron chi connectivity index (χ1n) is 6.09. The van der Waals surface area contributed by atoms with Crippen molar-refractivity contribution in [2.45, 2.75) is 32.5 Å². The van der Waals surface area contributed by atoms with E-state index in [-0.39, 0.29) is 0 Å². The van der Waals surface area contributed by atoms with Gasteiger partial charge in [0.25, 0.3) is 0 Å². The molecule has 1 aromatic carbocycles. The van der Waals surface area contributed by atoms with Crippen molar-refractivity contribution < 1.29 is 4.79 Å². The van der Waals surface area contributed by atoms with Gasteiger partial charge in [0.2, 0.25) is 0 Å². The minimum absolute atomic E-state index is 0.307. The zero-order chi connectivity index (χ0) is 12.6. The molecule has 3 heteroatoms. The van der Waals surface area contributed by atoms with E-state index in [1.54, 1.807) is 0 Å². The topological polar surface area (TPSA) is 29.4 Å². The van der Waals surface area contributed by atoms with E-state index in [0.717, 1.165) is 12.1 Å². The molecule has 0 amide bonds. The predicted octanol–water partition coefficient (Wildman–Crippen LogP) is 3.00. The first-order valence-corrected chi connectivity index (χ1v) is 9.17. The molecule has 0 spiro atoms. The summed E-state index contributed by atoms with van der Waals surface area (Å²) in [4.78, 5) is 17.0. The molecular weight excluding hydrogens is 226 g/mol. The number of rotatable bonds is 1. The molecule has 2 nitrogen and oxygen atoms in total. The molecule has 0 aromatic heterocycles. The summed E-state index contributed by atoms with van der Waals surface area (Å²) in [5, 5.41) is 0.307. The Morgan fingerprint density at radius 2 is 2.06 bits per heavy atom. The summed E-state index contributed by atoms with van der Waals surface area (Å²) in [5.41, 5.74) is 3.32. The third-order valence-electron chi connectivity index (χ3n) is 3.85. The lowest BCUT2D eigenvalue weighted by Crippen LogP contribution is -2.50. The Kier molecular flexibility index (Phi) is 3.04. The zero-order valence-electron chi connectivity index (χ0n) is 10.9. The molecule has 0 radical (unpaired) electrons. The second-order valence-electron chi connectivity index (χ2n) is 5.51. The van der Waals surface area contributed by atoms with Crippen LogP contribution in [0.15, 0.2) is 29.3 Å². The second-order valence-corrected chi connectivity index (χ2v) is 10.4. The van der Waals surface area contributed by atoms with Crippen molar-refractivity contribution in [2.75, 3.05) is 6.54 Å². The number of hydrogen-bond acceptors (Lipinski definition) is 2. The quantitative estimate of drug-likeness (QED) is 0.699. The molecule has 1 unspecified atom stereocenters. The molecule has 0 bridgehead atoms. The molecule has 1 atom stereocenters. The van der Waals surface area contributed by atoms with E-state index < -0.39 is 8.07 Å². The van der Waals surface area contributed by atoms with E-state index in [9.17, 15) is 4.79 Å². The average Bonchev–Trinajstić information content (AvgIpc) is 2.27. The second kappa shape index (κ2) is 4.22. The largest absolute Gasteiger partial charge is 0.298 e. The van der Waals surface area contributed by atoms with Gasteiger partial charge in [0, 0.05) is 12.1 Å². The van der Waals surface area contributed by atoms with Crippen LogP contribution in [0.2, 0.25) is 18.6 Å². The van der Waals surface area contributed by atoms with Gasteiger partial charge in [-0.25, -0.2) is 0 Å². The highest BCUT2D eigenvalue weighted by atomic mass is 28.3. The van der Waals surface area contributed by atoms with E-state index >= 15 is 0 Å². The van der Waals surface area contributed by atoms with Crippen LogP contribution in [0.25, 0.3) is 0 Å². The molecule has 1 aliphatic rings. The predicted molar refractivity (Wildman–Crippen MR) is 74.5 cm³/mol. The summed E-state index contributed by atoms with van der Waals surface area (Å²) in [7, 11) is -1.83. The van der Waals surface area contributed by atoms with Crippen LogP contribution >= 0.6 is 0 Å². The maximum atomic E-state index is 12.5. The van der Waals surface area contributed by atoms with Crippen molar-refractivity contribution in [2.24, 2.45) is 4.99 Å². The fourth-order valence-electron chi connectivity index (χ4n) is 2.07. The van der Waals surface area contributed by atoms with Gasteiger partial charge in [0.15, 0.2) is 5.41 Å². The summed E-state index contributed by atoms with van der Waals surface area (Å²) in [5.74, 6) is 0. The van der Waals surface area contributed by atoms with Gasteiger partial charge in [-0.1, -0.05) is 43.8 Å². The molecule has 1 aromatic rings. The number of carbonyl (C=O) groups is 1. The molecule has 1 aliphatic heterocycles. The summed E-state index contributed by atoms with van der Waals surface area (Å²) < 4.78 is 0. The van der Waals surface area contributed by atoms with Gasteiger partial charge in [-0.2, -0.15) is 0 Å². The van der Waals surface area contributed by atoms with E-state index in [4.69, 9.17) is 0 Å². The van der Waals surface area contributed by atoms with Crippen molar-refractivity contribution >= 4 is 19.2 Å². The maximum Gasteiger partial charge on any atom is 0.158 e. The molecular formula is C14H19NOSi. The van der Waals surface area contributed by atoms with Crippen LogP contribution in [-0.2, 0) is 4.79 Å². The molecule has 0 saturated carbocycles. The summed E-state index contributed by atoms with van der Waals surface area (Å²) in [6.07, 6.45) is 0. The number of carbonyl (C=O) groups excluding carboxylic acids is 1. The lowest BCUT2D eigenvalue weighted by Gasteiger charge is -2.31. The van der Waals surface area contributed by atoms with Crippen LogP contribution in [0.5, 0.6) is 0 Å². The minimum atomic E-state index is -1.83. The van der Waals surface area contributed by atoms with E-state index in [2.05, 4.69) is 31.1 Å². The van der Waals surface area contributed by atoms with Crippen LogP contribution in [0.1, 0.15) is 18.1 Å². The van der Waals surface area contributed by atoms with Crippen molar-refractivity contribution in [1.82, 2.24) is 0 Å². The van der Waals surface area contributed by atoms with Gasteiger partial charge in [0.1, 0.15) is 13.8 Å². The summed E-state index contributed by atoms with van der Waals surface area (Å²) in [6, 6.07) is 8.08. The standard InChI is InChI=1S/C14H19NOSi/c1-10-6-5-7-12(8-10)13-14(16)17(3,4)11(2)9-15-13/h5-8,11H,9H2,1-4H3. The number of hydrogen-bond donors (Lipinski definition) is 0. The highest BCUT2D eigenvalue weighted by Gasteiger charge is 2.42. The first-order chi connectivity index (χ1) is 7.93. The van der Waals surface area contributed by atoms with Crippen molar-refractivity contribution in [3.8, 4) is 0 Å². The number of aliphatic imine (C=N–C) groups is 1. The van der Waals surface area contributed by atoms with E-state index in [0.29, 0.717) is 16.7 Å². The summed E-state index contributed by atoms with van der Waals surface area (Å²) in [6.45, 7) is 9.31. The fraction of sp³-hybridized carbons (Fsp3) is 0.429. The van der Waals surface area contributed by atoms with Crippen molar-refractivity contribution in [3.05, 3.63) is 35.4 Å². The molecule has 17 heavy (non-hydrogen) atoms. The molecule has 90 valence electrons. The van der Waals surface area contributed by atoms with Gasteiger partial charge in [0.05, 0.1) is 0 Å². The number of nitrogens with zero attached hydrogens (tertiary/aromatic N) is 1. The zero-order valence-corrected chi connectivity index (χ0v) is 11.9. The Bertz CT molecular complexity index is 491. The Hall–Kier alpha value is -1.22. The third-order valence-corrected chi connectivity index (χ3v) is 7.90. The molecule has 1 heterocycles. The van der Waals surface area contributed by atoms with Crippen LogP contribution in [0.4, 0.5) is 0 Å². The first kappa shape index (κ1) is 12.2. The van der Waals surface area contributed by atoms with Gasteiger partial charge in [-0.05, 0) is 18.5 Å². The number of benzene rings is 1. The minimum Gasteiger partial charge on any atom is -0.298 e. The highest BCUT2D eigenvalue weighted by Crippen LogP contribution is 2.28. The summed E-state index contributed by atoms with van der Waals surface area (Å²) >= 11 is 0. The van der Waals surface area contributed by atoms with Gasteiger partial charge in [-0.3, -0.25) is 9.79 Å². The number of aryl methyl sites for hydroxylation is 1. The van der Waals surface area contributed by atoms with Gasteiger partial charge < -0.3 is 0 Å². The Morgan fingerprint density at radius 3 is 2.71 bits per heavy atom. The van der Waals surface area contributed by atoms with Crippen LogP contribution in [0, 0.1) is 6.92 Å². The van der Waals surface area contributed by atoms with Gasteiger partial charge in [-0.15, -0.1) is 0 Å². The monoisotopic (exact) mass is 245 g/mol.